The maximum atomic E-state index is 12.9. The van der Waals surface area contributed by atoms with Gasteiger partial charge in [0.25, 0.3) is 5.91 Å². The molecule has 0 saturated carbocycles. The standard InChI is InChI=1S/C20H22FNO5/c1-13(20(24)22-16-7-5-15(21)6-8-16)27-19(23)9-4-14-10-17(25-2)12-18(11-14)26-3/h5-8,10-13H,4,9H2,1-3H3,(H,22,24)/t13-/m0/s1. The third kappa shape index (κ3) is 6.29. The second kappa shape index (κ2) is 9.56. The van der Waals surface area contributed by atoms with Crippen molar-refractivity contribution < 1.29 is 28.2 Å². The average Bonchev–Trinajstić information content (AvgIpc) is 2.67. The minimum Gasteiger partial charge on any atom is -0.497 e. The summed E-state index contributed by atoms with van der Waals surface area (Å²) >= 11 is 0. The van der Waals surface area contributed by atoms with E-state index in [2.05, 4.69) is 5.32 Å². The smallest absolute Gasteiger partial charge is 0.306 e. The van der Waals surface area contributed by atoms with Gasteiger partial charge in [-0.25, -0.2) is 4.39 Å². The lowest BCUT2D eigenvalue weighted by atomic mass is 10.1. The van der Waals surface area contributed by atoms with E-state index in [4.69, 9.17) is 14.2 Å². The summed E-state index contributed by atoms with van der Waals surface area (Å²) in [4.78, 5) is 24.1. The van der Waals surface area contributed by atoms with E-state index >= 15 is 0 Å². The van der Waals surface area contributed by atoms with Crippen molar-refractivity contribution in [2.24, 2.45) is 0 Å². The van der Waals surface area contributed by atoms with Crippen molar-refractivity contribution in [2.45, 2.75) is 25.9 Å². The van der Waals surface area contributed by atoms with Gasteiger partial charge in [-0.15, -0.1) is 0 Å². The molecule has 2 aromatic rings. The van der Waals surface area contributed by atoms with Gasteiger partial charge in [0.1, 0.15) is 17.3 Å². The van der Waals surface area contributed by atoms with Crippen LogP contribution in [0.15, 0.2) is 42.5 Å². The molecule has 0 bridgehead atoms. The molecule has 0 spiro atoms. The number of hydrogen-bond donors (Lipinski definition) is 1. The van der Waals surface area contributed by atoms with Gasteiger partial charge >= 0.3 is 5.97 Å². The van der Waals surface area contributed by atoms with Crippen molar-refractivity contribution in [1.29, 1.82) is 0 Å². The summed E-state index contributed by atoms with van der Waals surface area (Å²) in [6.07, 6.45) is -0.453. The molecule has 0 aliphatic heterocycles. The van der Waals surface area contributed by atoms with E-state index < -0.39 is 23.8 Å². The van der Waals surface area contributed by atoms with Crippen molar-refractivity contribution in [3.63, 3.8) is 0 Å². The van der Waals surface area contributed by atoms with Crippen molar-refractivity contribution >= 4 is 17.6 Å². The molecule has 0 fully saturated rings. The van der Waals surface area contributed by atoms with Crippen molar-refractivity contribution in [3.8, 4) is 11.5 Å². The highest BCUT2D eigenvalue weighted by Gasteiger charge is 2.18. The molecule has 2 aromatic carbocycles. The van der Waals surface area contributed by atoms with E-state index in [0.717, 1.165) is 5.56 Å². The Hall–Kier alpha value is -3.09. The highest BCUT2D eigenvalue weighted by Crippen LogP contribution is 2.23. The molecule has 144 valence electrons. The Morgan fingerprint density at radius 1 is 1.04 bits per heavy atom. The van der Waals surface area contributed by atoms with E-state index in [-0.39, 0.29) is 6.42 Å². The number of aryl methyl sites for hydroxylation is 1. The summed E-state index contributed by atoms with van der Waals surface area (Å²) in [5.74, 6) is -0.132. The highest BCUT2D eigenvalue weighted by molar-refractivity contribution is 5.95. The third-order valence-electron chi connectivity index (χ3n) is 3.82. The summed E-state index contributed by atoms with van der Waals surface area (Å²) in [6, 6.07) is 10.7. The van der Waals surface area contributed by atoms with Gasteiger partial charge in [0.05, 0.1) is 14.2 Å². The van der Waals surface area contributed by atoms with Crippen molar-refractivity contribution in [3.05, 3.63) is 53.8 Å². The van der Waals surface area contributed by atoms with Crippen LogP contribution < -0.4 is 14.8 Å². The largest absolute Gasteiger partial charge is 0.497 e. The van der Waals surface area contributed by atoms with Crippen LogP contribution in [-0.4, -0.2) is 32.2 Å². The fourth-order valence-electron chi connectivity index (χ4n) is 2.34. The van der Waals surface area contributed by atoms with Gasteiger partial charge in [0, 0.05) is 18.2 Å². The molecule has 6 nitrogen and oxygen atoms in total. The number of nitrogens with one attached hydrogen (secondary N) is 1. The predicted molar refractivity (Wildman–Crippen MR) is 98.5 cm³/mol. The Kier molecular flexibility index (Phi) is 7.16. The Morgan fingerprint density at radius 2 is 1.63 bits per heavy atom. The molecule has 0 aromatic heterocycles. The van der Waals surface area contributed by atoms with E-state index in [1.54, 1.807) is 32.4 Å². The van der Waals surface area contributed by atoms with Crippen LogP contribution in [0.2, 0.25) is 0 Å². The number of methoxy groups -OCH3 is 2. The number of halogens is 1. The Morgan fingerprint density at radius 3 is 2.19 bits per heavy atom. The number of rotatable bonds is 8. The zero-order valence-electron chi connectivity index (χ0n) is 15.5. The number of anilines is 1. The van der Waals surface area contributed by atoms with E-state index in [1.165, 1.54) is 31.2 Å². The first-order valence-corrected chi connectivity index (χ1v) is 8.39. The highest BCUT2D eigenvalue weighted by atomic mass is 19.1. The van der Waals surface area contributed by atoms with Gasteiger partial charge in [-0.05, 0) is 55.3 Å². The predicted octanol–water partition coefficient (Wildman–Crippen LogP) is 3.35. The number of esters is 1. The number of amides is 1. The van der Waals surface area contributed by atoms with Gasteiger partial charge in [-0.2, -0.15) is 0 Å². The molecule has 7 heteroatoms. The van der Waals surface area contributed by atoms with Crippen molar-refractivity contribution in [1.82, 2.24) is 0 Å². The first kappa shape index (κ1) is 20.2. The summed E-state index contributed by atoms with van der Waals surface area (Å²) in [6.45, 7) is 1.48. The molecule has 0 saturated heterocycles. The van der Waals surface area contributed by atoms with Gasteiger partial charge in [0.2, 0.25) is 0 Å². The molecule has 1 N–H and O–H groups in total. The lowest BCUT2D eigenvalue weighted by Gasteiger charge is -2.14. The normalized spacial score (nSPS) is 11.4. The molecule has 0 heterocycles. The molecule has 27 heavy (non-hydrogen) atoms. The maximum Gasteiger partial charge on any atom is 0.306 e. The molecule has 0 radical (unpaired) electrons. The number of benzene rings is 2. The van der Waals surface area contributed by atoms with Crippen LogP contribution in [0.3, 0.4) is 0 Å². The van der Waals surface area contributed by atoms with Gasteiger partial charge in [-0.3, -0.25) is 9.59 Å². The molecule has 0 aliphatic rings. The molecule has 1 atom stereocenters. The van der Waals surface area contributed by atoms with Crippen LogP contribution in [-0.2, 0) is 20.7 Å². The van der Waals surface area contributed by atoms with Gasteiger partial charge < -0.3 is 19.5 Å². The van der Waals surface area contributed by atoms with Crippen LogP contribution in [0, 0.1) is 5.82 Å². The van der Waals surface area contributed by atoms with Crippen LogP contribution in [0.4, 0.5) is 10.1 Å². The van der Waals surface area contributed by atoms with E-state index in [9.17, 15) is 14.0 Å². The molecular formula is C20H22FNO5. The molecular weight excluding hydrogens is 353 g/mol. The fraction of sp³-hybridized carbons (Fsp3) is 0.300. The average molecular weight is 375 g/mol. The summed E-state index contributed by atoms with van der Waals surface area (Å²) in [5.41, 5.74) is 1.28. The minimum atomic E-state index is -0.970. The SMILES string of the molecule is COc1cc(CCC(=O)O[C@@H](C)C(=O)Nc2ccc(F)cc2)cc(OC)c1. The van der Waals surface area contributed by atoms with Crippen LogP contribution in [0.5, 0.6) is 11.5 Å². The summed E-state index contributed by atoms with van der Waals surface area (Å²) < 4.78 is 28.4. The molecule has 2 rings (SSSR count). The van der Waals surface area contributed by atoms with Crippen LogP contribution in [0.25, 0.3) is 0 Å². The first-order chi connectivity index (χ1) is 12.9. The third-order valence-corrected chi connectivity index (χ3v) is 3.82. The van der Waals surface area contributed by atoms with Crippen LogP contribution >= 0.6 is 0 Å². The lowest BCUT2D eigenvalue weighted by molar-refractivity contribution is -0.153. The minimum absolute atomic E-state index is 0.102. The molecule has 0 aliphatic carbocycles. The Bertz CT molecular complexity index is 769. The van der Waals surface area contributed by atoms with Crippen molar-refractivity contribution in [2.75, 3.05) is 19.5 Å². The topological polar surface area (TPSA) is 73.9 Å². The zero-order chi connectivity index (χ0) is 19.8. The Balaban J connectivity index is 1.85. The maximum absolute atomic E-state index is 12.9. The lowest BCUT2D eigenvalue weighted by Crippen LogP contribution is -2.30. The first-order valence-electron chi connectivity index (χ1n) is 8.39. The number of ether oxygens (including phenoxy) is 3. The van der Waals surface area contributed by atoms with Crippen LogP contribution in [0.1, 0.15) is 18.9 Å². The van der Waals surface area contributed by atoms with E-state index in [0.29, 0.717) is 23.6 Å². The second-order valence-corrected chi connectivity index (χ2v) is 5.85. The Labute approximate surface area is 157 Å². The number of carbonyl (C=O) groups excluding carboxylic acids is 2. The number of hydrogen-bond acceptors (Lipinski definition) is 5. The second-order valence-electron chi connectivity index (χ2n) is 5.85. The molecule has 1 amide bonds. The monoisotopic (exact) mass is 375 g/mol. The summed E-state index contributed by atoms with van der Waals surface area (Å²) in [5, 5.41) is 2.56. The number of carbonyl (C=O) groups is 2. The van der Waals surface area contributed by atoms with E-state index in [1.807, 2.05) is 0 Å². The molecule has 0 unspecified atom stereocenters. The fourth-order valence-corrected chi connectivity index (χ4v) is 2.34. The van der Waals surface area contributed by atoms with Gasteiger partial charge in [-0.1, -0.05) is 0 Å². The summed E-state index contributed by atoms with van der Waals surface area (Å²) in [7, 11) is 3.10. The van der Waals surface area contributed by atoms with Gasteiger partial charge in [0.15, 0.2) is 6.10 Å². The quantitative estimate of drug-likeness (QED) is 0.717. The zero-order valence-corrected chi connectivity index (χ0v) is 15.5.